The van der Waals surface area contributed by atoms with Crippen LogP contribution in [-0.2, 0) is 9.59 Å². The largest absolute Gasteiger partial charge is 0.326 e. The number of nitrogens with zero attached hydrogens (tertiary/aromatic N) is 2. The molecule has 0 aromatic heterocycles. The second-order valence-corrected chi connectivity index (χ2v) is 8.51. The summed E-state index contributed by atoms with van der Waals surface area (Å²) >= 11 is 12.6. The van der Waals surface area contributed by atoms with Crippen molar-refractivity contribution in [2.75, 3.05) is 29.9 Å². The van der Waals surface area contributed by atoms with Crippen LogP contribution in [0.15, 0.2) is 36.4 Å². The van der Waals surface area contributed by atoms with Crippen LogP contribution in [0.25, 0.3) is 0 Å². The summed E-state index contributed by atoms with van der Waals surface area (Å²) in [7, 11) is 0. The van der Waals surface area contributed by atoms with Crippen LogP contribution in [0.4, 0.5) is 11.4 Å². The van der Waals surface area contributed by atoms with Crippen LogP contribution in [0.1, 0.15) is 43.9 Å². The molecule has 1 N–H and O–H groups in total. The number of halogens is 3. The summed E-state index contributed by atoms with van der Waals surface area (Å²) in [5.41, 5.74) is 3.17. The van der Waals surface area contributed by atoms with E-state index in [0.29, 0.717) is 22.3 Å². The van der Waals surface area contributed by atoms with Gasteiger partial charge in [0.15, 0.2) is 0 Å². The monoisotopic (exact) mass is 483 g/mol. The zero-order chi connectivity index (χ0) is 21.8. The zero-order valence-electron chi connectivity index (χ0n) is 18.0. The molecular formula is C23H28Cl3N3O2. The Hall–Kier alpha value is -1.79. The molecule has 3 rings (SSSR count). The predicted octanol–water partition coefficient (Wildman–Crippen LogP) is 5.87. The molecule has 0 saturated carbocycles. The van der Waals surface area contributed by atoms with E-state index < -0.39 is 0 Å². The highest BCUT2D eigenvalue weighted by atomic mass is 35.5. The van der Waals surface area contributed by atoms with Crippen molar-refractivity contribution in [3.8, 4) is 0 Å². The molecule has 0 aliphatic carbocycles. The molecule has 1 fully saturated rings. The quantitative estimate of drug-likeness (QED) is 0.558. The lowest BCUT2D eigenvalue weighted by Gasteiger charge is -2.35. The summed E-state index contributed by atoms with van der Waals surface area (Å²) in [5, 5.41) is 3.75. The highest BCUT2D eigenvalue weighted by molar-refractivity contribution is 6.42. The topological polar surface area (TPSA) is 52.7 Å². The number of nitrogens with one attached hydrogen (secondary N) is 1. The van der Waals surface area contributed by atoms with Crippen molar-refractivity contribution < 1.29 is 9.59 Å². The second kappa shape index (κ2) is 11.2. The van der Waals surface area contributed by atoms with Crippen LogP contribution >= 0.6 is 35.6 Å². The lowest BCUT2D eigenvalue weighted by molar-refractivity contribution is -0.117. The summed E-state index contributed by atoms with van der Waals surface area (Å²) < 4.78 is 0. The molecular weight excluding hydrogens is 457 g/mol. The van der Waals surface area contributed by atoms with E-state index in [2.05, 4.69) is 10.2 Å². The Labute approximate surface area is 200 Å². The molecule has 1 unspecified atom stereocenters. The Morgan fingerprint density at radius 1 is 1.13 bits per heavy atom. The number of carbonyl (C=O) groups is 2. The zero-order valence-corrected chi connectivity index (χ0v) is 20.3. The summed E-state index contributed by atoms with van der Waals surface area (Å²) in [4.78, 5) is 28.6. The number of likely N-dealkylation sites (tertiary alicyclic amines) is 1. The fraction of sp³-hybridized carbons (Fsp3) is 0.391. The average Bonchev–Trinajstić information content (AvgIpc) is 3.20. The Balaban J connectivity index is 0.00000341. The SMILES string of the molecule is CC(=O)Nc1cccc(C(CN2CCCC2)N(C(C)=O)c2ccc(Cl)c(Cl)c2C)c1.Cl. The molecule has 31 heavy (non-hydrogen) atoms. The van der Waals surface area contributed by atoms with E-state index in [1.807, 2.05) is 37.3 Å². The third-order valence-electron chi connectivity index (χ3n) is 5.44. The predicted molar refractivity (Wildman–Crippen MR) is 131 cm³/mol. The highest BCUT2D eigenvalue weighted by Crippen LogP contribution is 2.37. The van der Waals surface area contributed by atoms with Crippen LogP contribution < -0.4 is 10.2 Å². The second-order valence-electron chi connectivity index (χ2n) is 7.72. The molecule has 1 aliphatic heterocycles. The van der Waals surface area contributed by atoms with Crippen molar-refractivity contribution in [3.05, 3.63) is 57.6 Å². The van der Waals surface area contributed by atoms with Crippen molar-refractivity contribution in [3.63, 3.8) is 0 Å². The number of benzene rings is 2. The molecule has 1 saturated heterocycles. The number of hydrogen-bond donors (Lipinski definition) is 1. The van der Waals surface area contributed by atoms with Crippen molar-refractivity contribution in [2.24, 2.45) is 0 Å². The van der Waals surface area contributed by atoms with E-state index in [0.717, 1.165) is 42.7 Å². The summed E-state index contributed by atoms with van der Waals surface area (Å²) in [5.74, 6) is -0.211. The lowest BCUT2D eigenvalue weighted by atomic mass is 10.0. The fourth-order valence-electron chi connectivity index (χ4n) is 4.03. The molecule has 1 atom stereocenters. The minimum atomic E-state index is -0.231. The first-order valence-electron chi connectivity index (χ1n) is 10.1. The highest BCUT2D eigenvalue weighted by Gasteiger charge is 2.29. The smallest absolute Gasteiger partial charge is 0.224 e. The molecule has 2 aromatic rings. The first-order chi connectivity index (χ1) is 14.3. The van der Waals surface area contributed by atoms with Gasteiger partial charge in [0, 0.05) is 31.8 Å². The normalized spacial score (nSPS) is 14.6. The van der Waals surface area contributed by atoms with Gasteiger partial charge in [-0.1, -0.05) is 35.3 Å². The van der Waals surface area contributed by atoms with Crippen LogP contribution in [0, 0.1) is 6.92 Å². The molecule has 1 aliphatic rings. The fourth-order valence-corrected chi connectivity index (χ4v) is 4.40. The maximum Gasteiger partial charge on any atom is 0.224 e. The summed E-state index contributed by atoms with van der Waals surface area (Å²) in [6.07, 6.45) is 2.31. The van der Waals surface area contributed by atoms with E-state index in [1.165, 1.54) is 6.92 Å². The third kappa shape index (κ3) is 6.13. The van der Waals surface area contributed by atoms with Gasteiger partial charge in [-0.2, -0.15) is 0 Å². The maximum atomic E-state index is 12.9. The van der Waals surface area contributed by atoms with Gasteiger partial charge < -0.3 is 15.1 Å². The van der Waals surface area contributed by atoms with E-state index >= 15 is 0 Å². The standard InChI is InChI=1S/C23H27Cl2N3O2.ClH/c1-15-21(10-9-20(24)23(15)25)28(17(3)30)22(14-27-11-4-5-12-27)18-7-6-8-19(13-18)26-16(2)29;/h6-10,13,22H,4-5,11-12,14H2,1-3H3,(H,26,29);1H. The average molecular weight is 485 g/mol. The maximum absolute atomic E-state index is 12.9. The number of amides is 2. The van der Waals surface area contributed by atoms with Gasteiger partial charge in [0.2, 0.25) is 11.8 Å². The van der Waals surface area contributed by atoms with E-state index in [4.69, 9.17) is 23.2 Å². The van der Waals surface area contributed by atoms with Crippen molar-refractivity contribution in [2.45, 2.75) is 39.7 Å². The molecule has 168 valence electrons. The Morgan fingerprint density at radius 2 is 1.81 bits per heavy atom. The molecule has 0 bridgehead atoms. The van der Waals surface area contributed by atoms with Crippen LogP contribution in [0.3, 0.4) is 0 Å². The number of anilines is 2. The number of rotatable bonds is 6. The number of hydrogen-bond acceptors (Lipinski definition) is 3. The van der Waals surface area contributed by atoms with Crippen LogP contribution in [0.2, 0.25) is 10.0 Å². The van der Waals surface area contributed by atoms with E-state index in [-0.39, 0.29) is 30.3 Å². The molecule has 5 nitrogen and oxygen atoms in total. The Morgan fingerprint density at radius 3 is 2.42 bits per heavy atom. The van der Waals surface area contributed by atoms with E-state index in [9.17, 15) is 9.59 Å². The first-order valence-corrected chi connectivity index (χ1v) is 10.9. The van der Waals surface area contributed by atoms with Gasteiger partial charge in [0.25, 0.3) is 0 Å². The molecule has 2 amide bonds. The minimum Gasteiger partial charge on any atom is -0.326 e. The minimum absolute atomic E-state index is 0. The van der Waals surface area contributed by atoms with Gasteiger partial charge in [-0.25, -0.2) is 0 Å². The molecule has 8 heteroatoms. The number of carbonyl (C=O) groups excluding carboxylic acids is 2. The van der Waals surface area contributed by atoms with Gasteiger partial charge in [-0.15, -0.1) is 12.4 Å². The third-order valence-corrected chi connectivity index (χ3v) is 6.34. The molecule has 0 spiro atoms. The van der Waals surface area contributed by atoms with Gasteiger partial charge in [0.05, 0.1) is 16.1 Å². The Bertz CT molecular complexity index is 946. The van der Waals surface area contributed by atoms with E-state index in [1.54, 1.807) is 17.9 Å². The van der Waals surface area contributed by atoms with Gasteiger partial charge in [-0.05, 0) is 68.2 Å². The van der Waals surface area contributed by atoms with Crippen molar-refractivity contribution in [1.29, 1.82) is 0 Å². The van der Waals surface area contributed by atoms with Gasteiger partial charge in [0.1, 0.15) is 0 Å². The van der Waals surface area contributed by atoms with Crippen LogP contribution in [-0.4, -0.2) is 36.3 Å². The summed E-state index contributed by atoms with van der Waals surface area (Å²) in [6.45, 7) is 7.64. The first kappa shape index (κ1) is 25.5. The molecule has 0 radical (unpaired) electrons. The lowest BCUT2D eigenvalue weighted by Crippen LogP contribution is -2.40. The summed E-state index contributed by atoms with van der Waals surface area (Å²) in [6, 6.07) is 11.0. The van der Waals surface area contributed by atoms with Crippen LogP contribution in [0.5, 0.6) is 0 Å². The van der Waals surface area contributed by atoms with Gasteiger partial charge in [-0.3, -0.25) is 9.59 Å². The van der Waals surface area contributed by atoms with Gasteiger partial charge >= 0.3 is 0 Å². The Kier molecular flexibility index (Phi) is 9.19. The molecule has 1 heterocycles. The van der Waals surface area contributed by atoms with Crippen molar-refractivity contribution in [1.82, 2.24) is 4.90 Å². The molecule has 2 aromatic carbocycles. The van der Waals surface area contributed by atoms with Crippen molar-refractivity contribution >= 4 is 58.8 Å².